The molecule has 2 N–H and O–H groups in total. The van der Waals surface area contributed by atoms with Gasteiger partial charge in [0.15, 0.2) is 0 Å². The maximum absolute atomic E-state index is 10.9. The number of aliphatic hydroxyl groups excluding tert-OH is 1. The molecule has 0 saturated carbocycles. The molecule has 0 aromatic heterocycles. The highest BCUT2D eigenvalue weighted by molar-refractivity contribution is 5.64. The lowest BCUT2D eigenvalue weighted by molar-refractivity contribution is -0.384. The quantitative estimate of drug-likeness (QED) is 0.439. The van der Waals surface area contributed by atoms with E-state index < -0.39 is 4.92 Å². The van der Waals surface area contributed by atoms with E-state index >= 15 is 0 Å². The normalized spacial score (nSPS) is 10.4. The zero-order valence-electron chi connectivity index (χ0n) is 10.6. The fourth-order valence-electron chi connectivity index (χ4n) is 1.52. The maximum Gasteiger partial charge on any atom is 0.292 e. The highest BCUT2D eigenvalue weighted by atomic mass is 16.6. The van der Waals surface area contributed by atoms with Gasteiger partial charge in [0.1, 0.15) is 5.69 Å². The third-order valence-corrected chi connectivity index (χ3v) is 2.61. The number of anilines is 1. The highest BCUT2D eigenvalue weighted by Crippen LogP contribution is 2.27. The molecule has 0 heterocycles. The van der Waals surface area contributed by atoms with Crippen molar-refractivity contribution in [1.29, 1.82) is 0 Å². The van der Waals surface area contributed by atoms with Crippen LogP contribution in [0.2, 0.25) is 0 Å². The predicted molar refractivity (Wildman–Crippen MR) is 69.0 cm³/mol. The van der Waals surface area contributed by atoms with E-state index in [1.54, 1.807) is 12.1 Å². The van der Waals surface area contributed by atoms with Crippen LogP contribution in [0.1, 0.15) is 11.1 Å². The lowest BCUT2D eigenvalue weighted by Crippen LogP contribution is -2.12. The number of aryl methyl sites for hydroxylation is 2. The van der Waals surface area contributed by atoms with Crippen LogP contribution in [-0.4, -0.2) is 36.4 Å². The van der Waals surface area contributed by atoms with Crippen molar-refractivity contribution in [2.75, 3.05) is 31.7 Å². The van der Waals surface area contributed by atoms with Crippen LogP contribution in [0.5, 0.6) is 0 Å². The minimum Gasteiger partial charge on any atom is -0.394 e. The zero-order valence-corrected chi connectivity index (χ0v) is 10.6. The van der Waals surface area contributed by atoms with Crippen LogP contribution in [0.25, 0.3) is 0 Å². The summed E-state index contributed by atoms with van der Waals surface area (Å²) in [5.74, 6) is 0. The van der Waals surface area contributed by atoms with Gasteiger partial charge >= 0.3 is 0 Å². The molecule has 0 fully saturated rings. The van der Waals surface area contributed by atoms with Crippen molar-refractivity contribution in [3.63, 3.8) is 0 Å². The molecule has 0 aliphatic carbocycles. The molecule has 0 amide bonds. The number of rotatable bonds is 7. The van der Waals surface area contributed by atoms with Gasteiger partial charge in [-0.3, -0.25) is 10.1 Å². The van der Waals surface area contributed by atoms with Crippen molar-refractivity contribution in [1.82, 2.24) is 0 Å². The molecule has 1 aromatic carbocycles. The second-order valence-corrected chi connectivity index (χ2v) is 3.97. The Morgan fingerprint density at radius 1 is 1.33 bits per heavy atom. The van der Waals surface area contributed by atoms with Gasteiger partial charge in [0, 0.05) is 12.6 Å². The largest absolute Gasteiger partial charge is 0.394 e. The van der Waals surface area contributed by atoms with Crippen LogP contribution in [0, 0.1) is 24.0 Å². The number of nitrogens with zero attached hydrogens (tertiary/aromatic N) is 1. The summed E-state index contributed by atoms with van der Waals surface area (Å²) in [5, 5.41) is 22.4. The zero-order chi connectivity index (χ0) is 13.5. The molecular formula is C12H18N2O4. The maximum atomic E-state index is 10.9. The average Bonchev–Trinajstić information content (AvgIpc) is 2.32. The molecule has 1 aromatic rings. The monoisotopic (exact) mass is 254 g/mol. The number of benzene rings is 1. The number of hydrogen-bond donors (Lipinski definition) is 2. The molecule has 100 valence electrons. The summed E-state index contributed by atoms with van der Waals surface area (Å²) in [4.78, 5) is 10.5. The average molecular weight is 254 g/mol. The van der Waals surface area contributed by atoms with Gasteiger partial charge in [-0.25, -0.2) is 0 Å². The first kappa shape index (κ1) is 14.4. The first-order valence-corrected chi connectivity index (χ1v) is 5.74. The smallest absolute Gasteiger partial charge is 0.292 e. The molecule has 6 nitrogen and oxygen atoms in total. The van der Waals surface area contributed by atoms with E-state index in [1.807, 2.05) is 13.8 Å². The van der Waals surface area contributed by atoms with Gasteiger partial charge in [0.05, 0.1) is 24.7 Å². The van der Waals surface area contributed by atoms with Crippen molar-refractivity contribution >= 4 is 11.4 Å². The summed E-state index contributed by atoms with van der Waals surface area (Å²) in [7, 11) is 0. The lowest BCUT2D eigenvalue weighted by Gasteiger charge is -2.09. The van der Waals surface area contributed by atoms with E-state index in [4.69, 9.17) is 9.84 Å². The molecular weight excluding hydrogens is 236 g/mol. The van der Waals surface area contributed by atoms with Gasteiger partial charge in [-0.05, 0) is 31.0 Å². The molecule has 0 atom stereocenters. The van der Waals surface area contributed by atoms with Gasteiger partial charge in [-0.15, -0.1) is 0 Å². The molecule has 1 rings (SSSR count). The highest BCUT2D eigenvalue weighted by Gasteiger charge is 2.14. The molecule has 0 aliphatic rings. The summed E-state index contributed by atoms with van der Waals surface area (Å²) >= 11 is 0. The van der Waals surface area contributed by atoms with Crippen LogP contribution in [0.15, 0.2) is 12.1 Å². The van der Waals surface area contributed by atoms with Crippen LogP contribution < -0.4 is 5.32 Å². The van der Waals surface area contributed by atoms with Crippen LogP contribution in [0.4, 0.5) is 11.4 Å². The fourth-order valence-corrected chi connectivity index (χ4v) is 1.52. The third kappa shape index (κ3) is 3.97. The second-order valence-electron chi connectivity index (χ2n) is 3.97. The van der Waals surface area contributed by atoms with Crippen molar-refractivity contribution in [2.24, 2.45) is 0 Å². The third-order valence-electron chi connectivity index (χ3n) is 2.61. The number of nitro groups is 1. The summed E-state index contributed by atoms with van der Waals surface area (Å²) < 4.78 is 5.08. The number of hydrogen-bond acceptors (Lipinski definition) is 5. The SMILES string of the molecule is Cc1cc(NCCOCCO)c([N+](=O)[O-])cc1C. The molecule has 6 heteroatoms. The van der Waals surface area contributed by atoms with Gasteiger partial charge < -0.3 is 15.2 Å². The van der Waals surface area contributed by atoms with Gasteiger partial charge in [-0.1, -0.05) is 0 Å². The predicted octanol–water partition coefficient (Wildman–Crippen LogP) is 1.63. The minimum absolute atomic E-state index is 0.0240. The van der Waals surface area contributed by atoms with Crippen molar-refractivity contribution in [3.05, 3.63) is 33.4 Å². The van der Waals surface area contributed by atoms with Gasteiger partial charge in [0.25, 0.3) is 5.69 Å². The van der Waals surface area contributed by atoms with E-state index in [2.05, 4.69) is 5.32 Å². The molecule has 18 heavy (non-hydrogen) atoms. The Hall–Kier alpha value is -1.66. The first-order chi connectivity index (χ1) is 8.56. The van der Waals surface area contributed by atoms with Crippen molar-refractivity contribution in [3.8, 4) is 0 Å². The van der Waals surface area contributed by atoms with E-state index in [1.165, 1.54) is 0 Å². The van der Waals surface area contributed by atoms with Gasteiger partial charge in [-0.2, -0.15) is 0 Å². The van der Waals surface area contributed by atoms with Crippen LogP contribution >= 0.6 is 0 Å². The Bertz CT molecular complexity index is 421. The Morgan fingerprint density at radius 2 is 2.00 bits per heavy atom. The van der Waals surface area contributed by atoms with Crippen molar-refractivity contribution in [2.45, 2.75) is 13.8 Å². The summed E-state index contributed by atoms with van der Waals surface area (Å²) in [5.41, 5.74) is 2.46. The Kier molecular flexibility index (Phi) is 5.54. The second kappa shape index (κ2) is 6.93. The summed E-state index contributed by atoms with van der Waals surface area (Å²) in [6, 6.07) is 3.33. The topological polar surface area (TPSA) is 84.6 Å². The van der Waals surface area contributed by atoms with Crippen LogP contribution in [-0.2, 0) is 4.74 Å². The Balaban J connectivity index is 2.68. The Labute approximate surface area is 106 Å². The van der Waals surface area contributed by atoms with E-state index in [-0.39, 0.29) is 18.9 Å². The standard InChI is InChI=1S/C12H18N2O4/c1-9-7-11(13-3-5-18-6-4-15)12(14(16)17)8-10(9)2/h7-8,13,15H,3-6H2,1-2H3. The van der Waals surface area contributed by atoms with Gasteiger partial charge in [0.2, 0.25) is 0 Å². The van der Waals surface area contributed by atoms with Crippen LogP contribution in [0.3, 0.4) is 0 Å². The van der Waals surface area contributed by atoms with E-state index in [9.17, 15) is 10.1 Å². The molecule has 0 spiro atoms. The summed E-state index contributed by atoms with van der Waals surface area (Å²) in [6.07, 6.45) is 0. The number of aliphatic hydroxyl groups is 1. The molecule has 0 saturated heterocycles. The molecule has 0 unspecified atom stereocenters. The molecule has 0 bridgehead atoms. The lowest BCUT2D eigenvalue weighted by atomic mass is 10.1. The molecule has 0 aliphatic heterocycles. The Morgan fingerprint density at radius 3 is 2.61 bits per heavy atom. The summed E-state index contributed by atoms with van der Waals surface area (Å²) in [6.45, 7) is 4.86. The number of ether oxygens (including phenoxy) is 1. The number of nitro benzene ring substituents is 1. The minimum atomic E-state index is -0.399. The van der Waals surface area contributed by atoms with Crippen molar-refractivity contribution < 1.29 is 14.8 Å². The first-order valence-electron chi connectivity index (χ1n) is 5.74. The van der Waals surface area contributed by atoms with E-state index in [0.717, 1.165) is 11.1 Å². The fraction of sp³-hybridized carbons (Fsp3) is 0.500. The molecule has 0 radical (unpaired) electrons. The number of nitrogens with one attached hydrogen (secondary N) is 1. The van der Waals surface area contributed by atoms with E-state index in [0.29, 0.717) is 18.8 Å².